The van der Waals surface area contributed by atoms with Crippen LogP contribution in [0.1, 0.15) is 18.9 Å². The fraction of sp³-hybridized carbons (Fsp3) is 0.400. The Morgan fingerprint density at radius 2 is 2.20 bits per heavy atom. The molecule has 1 aromatic carbocycles. The van der Waals surface area contributed by atoms with E-state index in [1.165, 1.54) is 12.1 Å². The highest BCUT2D eigenvalue weighted by molar-refractivity contribution is 5.54. The first kappa shape index (κ1) is 14.5. The number of ether oxygens (including phenoxy) is 1. The highest BCUT2D eigenvalue weighted by Gasteiger charge is 2.04. The molecule has 0 aliphatic rings. The molecule has 0 amide bonds. The average Bonchev–Trinajstić information content (AvgIpc) is 2.81. The van der Waals surface area contributed by atoms with E-state index in [0.717, 1.165) is 31.7 Å². The van der Waals surface area contributed by atoms with E-state index < -0.39 is 0 Å². The van der Waals surface area contributed by atoms with Crippen molar-refractivity contribution < 1.29 is 9.13 Å². The number of aryl methyl sites for hydroxylation is 2. The zero-order valence-electron chi connectivity index (χ0n) is 11.9. The van der Waals surface area contributed by atoms with Gasteiger partial charge in [-0.05, 0) is 44.0 Å². The third-order valence-electron chi connectivity index (χ3n) is 2.91. The summed E-state index contributed by atoms with van der Waals surface area (Å²) in [6, 6.07) is 4.86. The molecule has 0 unspecified atom stereocenters. The van der Waals surface area contributed by atoms with Gasteiger partial charge in [-0.2, -0.15) is 0 Å². The number of aromatic nitrogens is 2. The molecule has 2 rings (SSSR count). The summed E-state index contributed by atoms with van der Waals surface area (Å²) < 4.78 is 20.7. The highest BCUT2D eigenvalue weighted by atomic mass is 19.1. The minimum atomic E-state index is -0.248. The van der Waals surface area contributed by atoms with Crippen molar-refractivity contribution in [3.05, 3.63) is 42.0 Å². The molecule has 0 radical (unpaired) electrons. The maximum atomic E-state index is 13.4. The second kappa shape index (κ2) is 7.05. The van der Waals surface area contributed by atoms with Crippen molar-refractivity contribution in [2.75, 3.05) is 18.5 Å². The number of halogens is 1. The van der Waals surface area contributed by atoms with Crippen molar-refractivity contribution in [1.29, 1.82) is 0 Å². The van der Waals surface area contributed by atoms with E-state index in [0.29, 0.717) is 11.6 Å². The smallest absolute Gasteiger partial charge is 0.207 e. The fourth-order valence-electron chi connectivity index (χ4n) is 2.03. The van der Waals surface area contributed by atoms with Crippen molar-refractivity contribution >= 4 is 11.6 Å². The molecular formula is C15H20FN3O. The van der Waals surface area contributed by atoms with Gasteiger partial charge in [-0.25, -0.2) is 9.37 Å². The van der Waals surface area contributed by atoms with E-state index in [-0.39, 0.29) is 5.82 Å². The van der Waals surface area contributed by atoms with Gasteiger partial charge in [0, 0.05) is 37.8 Å². The Balaban J connectivity index is 2.00. The second-order valence-electron chi connectivity index (χ2n) is 4.64. The molecule has 2 aromatic rings. The number of nitrogens with zero attached hydrogens (tertiary/aromatic N) is 2. The molecule has 0 aliphatic carbocycles. The van der Waals surface area contributed by atoms with Crippen LogP contribution >= 0.6 is 0 Å². The third kappa shape index (κ3) is 4.06. The van der Waals surface area contributed by atoms with Gasteiger partial charge in [-0.15, -0.1) is 0 Å². The summed E-state index contributed by atoms with van der Waals surface area (Å²) >= 11 is 0. The maximum absolute atomic E-state index is 13.4. The van der Waals surface area contributed by atoms with Gasteiger partial charge in [0.1, 0.15) is 5.82 Å². The predicted octanol–water partition coefficient (Wildman–Crippen LogP) is 3.50. The Morgan fingerprint density at radius 1 is 1.35 bits per heavy atom. The molecule has 0 bridgehead atoms. The molecule has 1 heterocycles. The molecule has 0 fully saturated rings. The number of anilines is 2. The number of imidazole rings is 1. The zero-order chi connectivity index (χ0) is 14.4. The van der Waals surface area contributed by atoms with Gasteiger partial charge in [0.2, 0.25) is 5.95 Å². The van der Waals surface area contributed by atoms with Crippen molar-refractivity contribution in [1.82, 2.24) is 9.55 Å². The SMILES string of the molecule is CCOCCCn1ccnc1Nc1cc(C)cc(F)c1. The number of rotatable bonds is 7. The summed E-state index contributed by atoms with van der Waals surface area (Å²) in [6.07, 6.45) is 4.55. The van der Waals surface area contributed by atoms with Crippen molar-refractivity contribution in [2.24, 2.45) is 0 Å². The fourth-order valence-corrected chi connectivity index (χ4v) is 2.03. The zero-order valence-corrected chi connectivity index (χ0v) is 11.9. The van der Waals surface area contributed by atoms with Crippen LogP contribution in [0.4, 0.5) is 16.0 Å². The molecule has 0 spiro atoms. The van der Waals surface area contributed by atoms with Crippen LogP contribution in [0, 0.1) is 12.7 Å². The lowest BCUT2D eigenvalue weighted by Gasteiger charge is -2.10. The molecule has 4 nitrogen and oxygen atoms in total. The first-order chi connectivity index (χ1) is 9.69. The standard InChI is InChI=1S/C15H20FN3O/c1-3-20-8-4-6-19-7-5-17-15(19)18-14-10-12(2)9-13(16)11-14/h5,7,9-11H,3-4,6,8H2,1-2H3,(H,17,18). The highest BCUT2D eigenvalue weighted by Crippen LogP contribution is 2.18. The molecular weight excluding hydrogens is 257 g/mol. The number of hydrogen-bond donors (Lipinski definition) is 1. The van der Waals surface area contributed by atoms with Crippen LogP contribution in [0.25, 0.3) is 0 Å². The van der Waals surface area contributed by atoms with Crippen molar-refractivity contribution in [3.63, 3.8) is 0 Å². The molecule has 0 saturated heterocycles. The summed E-state index contributed by atoms with van der Waals surface area (Å²) in [7, 11) is 0. The molecule has 5 heteroatoms. The molecule has 1 aromatic heterocycles. The normalized spacial score (nSPS) is 10.8. The van der Waals surface area contributed by atoms with Gasteiger partial charge in [0.15, 0.2) is 0 Å². The number of hydrogen-bond acceptors (Lipinski definition) is 3. The summed E-state index contributed by atoms with van der Waals surface area (Å²) in [5.74, 6) is 0.466. The van der Waals surface area contributed by atoms with Crippen molar-refractivity contribution in [3.8, 4) is 0 Å². The lowest BCUT2D eigenvalue weighted by Crippen LogP contribution is -2.06. The average molecular weight is 277 g/mol. The molecule has 0 aliphatic heterocycles. The Morgan fingerprint density at radius 3 is 2.95 bits per heavy atom. The van der Waals surface area contributed by atoms with Gasteiger partial charge in [-0.1, -0.05) is 0 Å². The summed E-state index contributed by atoms with van der Waals surface area (Å²) in [6.45, 7) is 6.13. The van der Waals surface area contributed by atoms with E-state index >= 15 is 0 Å². The second-order valence-corrected chi connectivity index (χ2v) is 4.64. The summed E-state index contributed by atoms with van der Waals surface area (Å²) in [5, 5.41) is 3.15. The van der Waals surface area contributed by atoms with Crippen LogP contribution in [0.15, 0.2) is 30.6 Å². The van der Waals surface area contributed by atoms with Crippen LogP contribution in [0.2, 0.25) is 0 Å². The van der Waals surface area contributed by atoms with E-state index in [1.807, 2.05) is 30.7 Å². The summed E-state index contributed by atoms with van der Waals surface area (Å²) in [5.41, 5.74) is 1.58. The molecule has 1 N–H and O–H groups in total. The van der Waals surface area contributed by atoms with E-state index in [4.69, 9.17) is 4.74 Å². The van der Waals surface area contributed by atoms with Crippen LogP contribution in [-0.2, 0) is 11.3 Å². The third-order valence-corrected chi connectivity index (χ3v) is 2.91. The topological polar surface area (TPSA) is 39.1 Å². The summed E-state index contributed by atoms with van der Waals surface area (Å²) in [4.78, 5) is 4.26. The molecule has 0 atom stereocenters. The lowest BCUT2D eigenvalue weighted by molar-refractivity contribution is 0.142. The van der Waals surface area contributed by atoms with Crippen LogP contribution < -0.4 is 5.32 Å². The van der Waals surface area contributed by atoms with Gasteiger partial charge < -0.3 is 14.6 Å². The van der Waals surface area contributed by atoms with E-state index in [2.05, 4.69) is 10.3 Å². The van der Waals surface area contributed by atoms with Gasteiger partial charge in [0.05, 0.1) is 0 Å². The van der Waals surface area contributed by atoms with Crippen LogP contribution in [-0.4, -0.2) is 22.8 Å². The Kier molecular flexibility index (Phi) is 5.12. The van der Waals surface area contributed by atoms with Gasteiger partial charge in [-0.3, -0.25) is 0 Å². The lowest BCUT2D eigenvalue weighted by atomic mass is 10.2. The van der Waals surface area contributed by atoms with Crippen LogP contribution in [0.5, 0.6) is 0 Å². The quantitative estimate of drug-likeness (QED) is 0.787. The van der Waals surface area contributed by atoms with Gasteiger partial charge >= 0.3 is 0 Å². The largest absolute Gasteiger partial charge is 0.382 e. The minimum absolute atomic E-state index is 0.248. The monoisotopic (exact) mass is 277 g/mol. The minimum Gasteiger partial charge on any atom is -0.382 e. The van der Waals surface area contributed by atoms with Crippen LogP contribution in [0.3, 0.4) is 0 Å². The Bertz CT molecular complexity index is 534. The van der Waals surface area contributed by atoms with E-state index in [9.17, 15) is 4.39 Å². The Hall–Kier alpha value is -1.88. The molecule has 108 valence electrons. The first-order valence-corrected chi connectivity index (χ1v) is 6.82. The van der Waals surface area contributed by atoms with E-state index in [1.54, 1.807) is 6.20 Å². The number of nitrogens with one attached hydrogen (secondary N) is 1. The van der Waals surface area contributed by atoms with Crippen molar-refractivity contribution in [2.45, 2.75) is 26.8 Å². The molecule has 0 saturated carbocycles. The number of benzene rings is 1. The predicted molar refractivity (Wildman–Crippen MR) is 77.8 cm³/mol. The maximum Gasteiger partial charge on any atom is 0.207 e. The first-order valence-electron chi connectivity index (χ1n) is 6.82. The van der Waals surface area contributed by atoms with Gasteiger partial charge in [0.25, 0.3) is 0 Å². The molecule has 20 heavy (non-hydrogen) atoms. The Labute approximate surface area is 118 Å².